The van der Waals surface area contributed by atoms with Crippen molar-refractivity contribution in [2.45, 2.75) is 25.8 Å². The van der Waals surface area contributed by atoms with Crippen LogP contribution in [0.4, 0.5) is 4.39 Å². The lowest BCUT2D eigenvalue weighted by Crippen LogP contribution is -2.41. The highest BCUT2D eigenvalue weighted by Gasteiger charge is 2.25. The van der Waals surface area contributed by atoms with Crippen LogP contribution >= 0.6 is 15.9 Å². The molecule has 2 nitrogen and oxygen atoms in total. The van der Waals surface area contributed by atoms with Gasteiger partial charge in [0.1, 0.15) is 5.82 Å². The van der Waals surface area contributed by atoms with Gasteiger partial charge in [0.2, 0.25) is 0 Å². The first kappa shape index (κ1) is 10.6. The van der Waals surface area contributed by atoms with Gasteiger partial charge in [-0.05, 0) is 30.5 Å². The molecular weight excluding hydrogens is 261 g/mol. The lowest BCUT2D eigenvalue weighted by molar-refractivity contribution is 0.0923. The molecule has 1 aliphatic rings. The van der Waals surface area contributed by atoms with Crippen molar-refractivity contribution in [2.24, 2.45) is 0 Å². The average molecular weight is 272 g/mol. The minimum atomic E-state index is -0.384. The van der Waals surface area contributed by atoms with Crippen molar-refractivity contribution in [1.82, 2.24) is 5.32 Å². The lowest BCUT2D eigenvalue weighted by atomic mass is 9.94. The van der Waals surface area contributed by atoms with Crippen LogP contribution in [0.3, 0.4) is 0 Å². The highest BCUT2D eigenvalue weighted by Crippen LogP contribution is 2.27. The van der Waals surface area contributed by atoms with E-state index in [4.69, 9.17) is 0 Å². The first-order valence-corrected chi connectivity index (χ1v) is 5.70. The Labute approximate surface area is 96.0 Å². The Kier molecular flexibility index (Phi) is 2.78. The Balaban J connectivity index is 2.50. The molecule has 0 radical (unpaired) electrons. The summed E-state index contributed by atoms with van der Waals surface area (Å²) in [5, 5.41) is 2.85. The molecule has 0 saturated carbocycles. The number of hydrogen-bond acceptors (Lipinski definition) is 1. The SMILES string of the molecule is CCC1Cc2c(Br)cc(F)cc2C(=O)N1. The number of nitrogens with one attached hydrogen (secondary N) is 1. The molecule has 0 fully saturated rings. The molecule has 1 aromatic carbocycles. The quantitative estimate of drug-likeness (QED) is 0.836. The molecule has 1 N–H and O–H groups in total. The number of benzene rings is 1. The monoisotopic (exact) mass is 271 g/mol. The van der Waals surface area contributed by atoms with Crippen LogP contribution in [0.15, 0.2) is 16.6 Å². The summed E-state index contributed by atoms with van der Waals surface area (Å²) < 4.78 is 13.8. The molecule has 1 aromatic rings. The zero-order chi connectivity index (χ0) is 11.0. The van der Waals surface area contributed by atoms with E-state index in [1.165, 1.54) is 12.1 Å². The van der Waals surface area contributed by atoms with Gasteiger partial charge in [0.15, 0.2) is 0 Å². The summed E-state index contributed by atoms with van der Waals surface area (Å²) in [5.41, 5.74) is 1.36. The van der Waals surface area contributed by atoms with Gasteiger partial charge >= 0.3 is 0 Å². The van der Waals surface area contributed by atoms with E-state index < -0.39 is 0 Å². The Morgan fingerprint density at radius 2 is 2.33 bits per heavy atom. The molecule has 0 spiro atoms. The van der Waals surface area contributed by atoms with Gasteiger partial charge in [0.05, 0.1) is 0 Å². The van der Waals surface area contributed by atoms with Crippen molar-refractivity contribution in [1.29, 1.82) is 0 Å². The smallest absolute Gasteiger partial charge is 0.251 e. The van der Waals surface area contributed by atoms with E-state index in [0.29, 0.717) is 10.0 Å². The average Bonchev–Trinajstić information content (AvgIpc) is 2.19. The lowest BCUT2D eigenvalue weighted by Gasteiger charge is -2.25. The largest absolute Gasteiger partial charge is 0.349 e. The fourth-order valence-electron chi connectivity index (χ4n) is 1.82. The predicted molar refractivity (Wildman–Crippen MR) is 59.3 cm³/mol. The molecule has 0 saturated heterocycles. The third-order valence-corrected chi connectivity index (χ3v) is 3.39. The van der Waals surface area contributed by atoms with E-state index in [1.807, 2.05) is 6.92 Å². The fourth-order valence-corrected chi connectivity index (χ4v) is 2.41. The molecule has 1 heterocycles. The van der Waals surface area contributed by atoms with Gasteiger partial charge in [0.25, 0.3) is 5.91 Å². The maximum absolute atomic E-state index is 13.1. The molecule has 2 rings (SSSR count). The second kappa shape index (κ2) is 3.93. The third-order valence-electron chi connectivity index (χ3n) is 2.68. The zero-order valence-corrected chi connectivity index (χ0v) is 9.90. The molecular formula is C11H11BrFNO. The molecule has 1 amide bonds. The second-order valence-corrected chi connectivity index (χ2v) is 4.55. The first-order valence-electron chi connectivity index (χ1n) is 4.90. The number of carbonyl (C=O) groups excluding carboxylic acids is 1. The molecule has 15 heavy (non-hydrogen) atoms. The van der Waals surface area contributed by atoms with E-state index in [1.54, 1.807) is 0 Å². The molecule has 0 bridgehead atoms. The highest BCUT2D eigenvalue weighted by atomic mass is 79.9. The van der Waals surface area contributed by atoms with Gasteiger partial charge in [-0.15, -0.1) is 0 Å². The van der Waals surface area contributed by atoms with Gasteiger partial charge in [-0.3, -0.25) is 4.79 Å². The van der Waals surface area contributed by atoms with E-state index in [-0.39, 0.29) is 17.8 Å². The standard InChI is InChI=1S/C11H11BrFNO/c1-2-7-5-8-9(11(15)14-7)3-6(13)4-10(8)12/h3-4,7H,2,5H2,1H3,(H,14,15). The Hall–Kier alpha value is -0.900. The summed E-state index contributed by atoms with van der Waals surface area (Å²) in [6.07, 6.45) is 1.65. The van der Waals surface area contributed by atoms with Crippen molar-refractivity contribution >= 4 is 21.8 Å². The van der Waals surface area contributed by atoms with Crippen LogP contribution in [0.2, 0.25) is 0 Å². The van der Waals surface area contributed by atoms with Crippen LogP contribution in [0.5, 0.6) is 0 Å². The van der Waals surface area contributed by atoms with Crippen LogP contribution in [0, 0.1) is 5.82 Å². The van der Waals surface area contributed by atoms with Crippen molar-refractivity contribution in [3.8, 4) is 0 Å². The number of halogens is 2. The Morgan fingerprint density at radius 3 is 3.00 bits per heavy atom. The van der Waals surface area contributed by atoms with Crippen molar-refractivity contribution < 1.29 is 9.18 Å². The summed E-state index contributed by atoms with van der Waals surface area (Å²) >= 11 is 3.30. The second-order valence-electron chi connectivity index (χ2n) is 3.70. The first-order chi connectivity index (χ1) is 7.11. The minimum Gasteiger partial charge on any atom is -0.349 e. The van der Waals surface area contributed by atoms with Gasteiger partial charge in [-0.2, -0.15) is 0 Å². The van der Waals surface area contributed by atoms with E-state index in [2.05, 4.69) is 21.2 Å². The number of carbonyl (C=O) groups is 1. The topological polar surface area (TPSA) is 29.1 Å². The number of amides is 1. The van der Waals surface area contributed by atoms with Crippen LogP contribution in [-0.4, -0.2) is 11.9 Å². The molecule has 80 valence electrons. The molecule has 1 unspecified atom stereocenters. The van der Waals surface area contributed by atoms with Gasteiger partial charge in [-0.25, -0.2) is 4.39 Å². The number of fused-ring (bicyclic) bond motifs is 1. The molecule has 1 atom stereocenters. The highest BCUT2D eigenvalue weighted by molar-refractivity contribution is 9.10. The van der Waals surface area contributed by atoms with E-state index >= 15 is 0 Å². The normalized spacial score (nSPS) is 19.7. The van der Waals surface area contributed by atoms with Gasteiger partial charge in [-0.1, -0.05) is 22.9 Å². The predicted octanol–water partition coefficient (Wildman–Crippen LogP) is 2.65. The third kappa shape index (κ3) is 1.91. The van der Waals surface area contributed by atoms with Crippen molar-refractivity contribution in [3.05, 3.63) is 33.5 Å². The summed E-state index contributed by atoms with van der Waals surface area (Å²) in [5.74, 6) is -0.561. The van der Waals surface area contributed by atoms with Gasteiger partial charge in [0, 0.05) is 16.1 Å². The van der Waals surface area contributed by atoms with Crippen molar-refractivity contribution in [2.75, 3.05) is 0 Å². The maximum Gasteiger partial charge on any atom is 0.251 e. The Bertz CT molecular complexity index is 419. The van der Waals surface area contributed by atoms with E-state index in [9.17, 15) is 9.18 Å². The maximum atomic E-state index is 13.1. The number of hydrogen-bond donors (Lipinski definition) is 1. The molecule has 4 heteroatoms. The van der Waals surface area contributed by atoms with Crippen LogP contribution < -0.4 is 5.32 Å². The van der Waals surface area contributed by atoms with Crippen LogP contribution in [-0.2, 0) is 6.42 Å². The summed E-state index contributed by atoms with van der Waals surface area (Å²) in [4.78, 5) is 11.7. The summed E-state index contributed by atoms with van der Waals surface area (Å²) in [6.45, 7) is 2.02. The molecule has 0 aromatic heterocycles. The summed E-state index contributed by atoms with van der Waals surface area (Å²) in [6, 6.07) is 2.86. The zero-order valence-electron chi connectivity index (χ0n) is 8.31. The molecule has 1 aliphatic heterocycles. The van der Waals surface area contributed by atoms with Crippen LogP contribution in [0.1, 0.15) is 29.3 Å². The summed E-state index contributed by atoms with van der Waals surface area (Å²) in [7, 11) is 0. The van der Waals surface area contributed by atoms with Crippen LogP contribution in [0.25, 0.3) is 0 Å². The van der Waals surface area contributed by atoms with E-state index in [0.717, 1.165) is 18.4 Å². The minimum absolute atomic E-state index is 0.159. The fraction of sp³-hybridized carbons (Fsp3) is 0.364. The van der Waals surface area contributed by atoms with Gasteiger partial charge < -0.3 is 5.32 Å². The number of rotatable bonds is 1. The molecule has 0 aliphatic carbocycles. The Morgan fingerprint density at radius 1 is 1.60 bits per heavy atom. The van der Waals surface area contributed by atoms with Crippen molar-refractivity contribution in [3.63, 3.8) is 0 Å².